The van der Waals surface area contributed by atoms with E-state index in [2.05, 4.69) is 30.3 Å². The molecule has 0 spiro atoms. The van der Waals surface area contributed by atoms with Crippen molar-refractivity contribution in [3.8, 4) is 0 Å². The van der Waals surface area contributed by atoms with E-state index in [4.69, 9.17) is 4.42 Å². The Hall–Kier alpha value is -2.08. The van der Waals surface area contributed by atoms with Crippen LogP contribution in [0, 0.1) is 0 Å². The molecule has 1 saturated heterocycles. The van der Waals surface area contributed by atoms with Gasteiger partial charge in [-0.3, -0.25) is 9.48 Å². The summed E-state index contributed by atoms with van der Waals surface area (Å²) in [5.74, 6) is 0.0642. The minimum Gasteiger partial charge on any atom is -0.472 e. The van der Waals surface area contributed by atoms with Crippen LogP contribution in [0.1, 0.15) is 48.8 Å². The third kappa shape index (κ3) is 3.47. The largest absolute Gasteiger partial charge is 0.472 e. The van der Waals surface area contributed by atoms with Crippen LogP contribution < -0.4 is 5.32 Å². The lowest BCUT2D eigenvalue weighted by molar-refractivity contribution is 0.0701. The topological polar surface area (TPSA) is 63.3 Å². The number of aryl methyl sites for hydroxylation is 1. The van der Waals surface area contributed by atoms with Crippen LogP contribution in [0.25, 0.3) is 0 Å². The van der Waals surface area contributed by atoms with Crippen molar-refractivity contribution in [1.29, 1.82) is 0 Å². The maximum Gasteiger partial charge on any atom is 0.257 e. The van der Waals surface area contributed by atoms with Crippen molar-refractivity contribution in [2.75, 3.05) is 13.1 Å². The fourth-order valence-electron chi connectivity index (χ4n) is 3.23. The van der Waals surface area contributed by atoms with Gasteiger partial charge in [-0.05, 0) is 38.8 Å². The quantitative estimate of drug-likeness (QED) is 0.920. The number of rotatable bonds is 5. The molecule has 1 fully saturated rings. The molecule has 1 aliphatic heterocycles. The molecule has 1 N–H and O–H groups in total. The van der Waals surface area contributed by atoms with Gasteiger partial charge < -0.3 is 14.6 Å². The smallest absolute Gasteiger partial charge is 0.257 e. The maximum absolute atomic E-state index is 12.3. The Kier molecular flexibility index (Phi) is 4.81. The number of hydrogen-bond acceptors (Lipinski definition) is 4. The summed E-state index contributed by atoms with van der Waals surface area (Å²) in [4.78, 5) is 14.2. The minimum absolute atomic E-state index is 0.0642. The second kappa shape index (κ2) is 7.00. The van der Waals surface area contributed by atoms with E-state index in [0.29, 0.717) is 11.6 Å². The number of piperidine rings is 1. The average Bonchev–Trinajstić information content (AvgIpc) is 3.26. The molecule has 1 amide bonds. The first-order valence-corrected chi connectivity index (χ1v) is 8.28. The number of nitrogens with zero attached hydrogens (tertiary/aromatic N) is 3. The fraction of sp³-hybridized carbons (Fsp3) is 0.529. The molecule has 6 nitrogen and oxygen atoms in total. The van der Waals surface area contributed by atoms with E-state index in [1.807, 2.05) is 15.8 Å². The highest BCUT2D eigenvalue weighted by molar-refractivity contribution is 5.93. The number of carbonyl (C=O) groups excluding carboxylic acids is 1. The molecule has 1 aliphatic rings. The van der Waals surface area contributed by atoms with Crippen molar-refractivity contribution in [2.24, 2.45) is 0 Å². The molecular weight excluding hydrogens is 292 g/mol. The Bertz CT molecular complexity index is 627. The van der Waals surface area contributed by atoms with E-state index in [-0.39, 0.29) is 11.9 Å². The van der Waals surface area contributed by atoms with E-state index >= 15 is 0 Å². The predicted molar refractivity (Wildman–Crippen MR) is 87.1 cm³/mol. The van der Waals surface area contributed by atoms with Crippen LogP contribution in [-0.2, 0) is 6.54 Å². The summed E-state index contributed by atoms with van der Waals surface area (Å²) in [5.41, 5.74) is 1.85. The van der Waals surface area contributed by atoms with Crippen LogP contribution in [0.5, 0.6) is 0 Å². The van der Waals surface area contributed by atoms with Crippen molar-refractivity contribution in [2.45, 2.75) is 45.3 Å². The first-order valence-electron chi connectivity index (χ1n) is 8.28. The Morgan fingerprint density at radius 2 is 2.22 bits per heavy atom. The molecule has 0 aliphatic carbocycles. The molecule has 124 valence electrons. The van der Waals surface area contributed by atoms with E-state index in [0.717, 1.165) is 32.5 Å². The molecule has 0 saturated carbocycles. The van der Waals surface area contributed by atoms with Gasteiger partial charge in [-0.2, -0.15) is 5.10 Å². The van der Waals surface area contributed by atoms with Gasteiger partial charge >= 0.3 is 0 Å². The van der Waals surface area contributed by atoms with Gasteiger partial charge in [-0.25, -0.2) is 0 Å². The van der Waals surface area contributed by atoms with Crippen LogP contribution >= 0.6 is 0 Å². The Morgan fingerprint density at radius 3 is 2.87 bits per heavy atom. The number of amides is 1. The van der Waals surface area contributed by atoms with Crippen molar-refractivity contribution in [3.05, 3.63) is 42.1 Å². The van der Waals surface area contributed by atoms with Crippen LogP contribution in [0.3, 0.4) is 0 Å². The fourth-order valence-corrected chi connectivity index (χ4v) is 3.23. The molecule has 2 aromatic rings. The first-order chi connectivity index (χ1) is 11.2. The Morgan fingerprint density at radius 1 is 1.43 bits per heavy atom. The predicted octanol–water partition coefficient (Wildman–Crippen LogP) is 2.45. The lowest BCUT2D eigenvalue weighted by Gasteiger charge is -2.33. The summed E-state index contributed by atoms with van der Waals surface area (Å²) >= 11 is 0. The van der Waals surface area contributed by atoms with Gasteiger partial charge in [0.25, 0.3) is 5.91 Å². The number of carbonyl (C=O) groups is 1. The Balaban J connectivity index is 1.52. The molecule has 0 radical (unpaired) electrons. The normalized spacial score (nSPS) is 17.4. The van der Waals surface area contributed by atoms with Gasteiger partial charge in [0.15, 0.2) is 0 Å². The molecule has 6 heteroatoms. The van der Waals surface area contributed by atoms with Gasteiger partial charge in [0.2, 0.25) is 0 Å². The number of hydrogen-bond donors (Lipinski definition) is 1. The van der Waals surface area contributed by atoms with Crippen molar-refractivity contribution in [3.63, 3.8) is 0 Å². The van der Waals surface area contributed by atoms with Gasteiger partial charge in [-0.1, -0.05) is 0 Å². The maximum atomic E-state index is 12.3. The highest BCUT2D eigenvalue weighted by atomic mass is 16.3. The molecule has 23 heavy (non-hydrogen) atoms. The monoisotopic (exact) mass is 316 g/mol. The molecule has 3 heterocycles. The van der Waals surface area contributed by atoms with E-state index < -0.39 is 0 Å². The van der Waals surface area contributed by atoms with E-state index in [9.17, 15) is 4.79 Å². The van der Waals surface area contributed by atoms with E-state index in [1.165, 1.54) is 12.0 Å². The zero-order valence-electron chi connectivity index (χ0n) is 13.7. The highest BCUT2D eigenvalue weighted by Crippen LogP contribution is 2.18. The number of furan rings is 1. The molecular formula is C17H24N4O2. The lowest BCUT2D eigenvalue weighted by atomic mass is 10.0. The zero-order chi connectivity index (χ0) is 16.2. The van der Waals surface area contributed by atoms with Crippen LogP contribution in [0.4, 0.5) is 0 Å². The summed E-state index contributed by atoms with van der Waals surface area (Å²) in [7, 11) is 0. The van der Waals surface area contributed by atoms with Crippen LogP contribution in [0.15, 0.2) is 35.3 Å². The summed E-state index contributed by atoms with van der Waals surface area (Å²) in [6.07, 6.45) is 6.84. The van der Waals surface area contributed by atoms with Gasteiger partial charge in [0.1, 0.15) is 6.26 Å². The standard InChI is InChI=1S/C17H24N4O2/c1-3-21-16(4-8-18-21)13(2)19-15-5-9-20(10-6-15)17(22)14-7-11-23-12-14/h4,7-8,11-13,15,19H,3,5-6,9-10H2,1-2H3. The third-order valence-corrected chi connectivity index (χ3v) is 4.53. The van der Waals surface area contributed by atoms with Gasteiger partial charge in [-0.15, -0.1) is 0 Å². The molecule has 1 atom stereocenters. The summed E-state index contributed by atoms with van der Waals surface area (Å²) < 4.78 is 7.02. The average molecular weight is 316 g/mol. The lowest BCUT2D eigenvalue weighted by Crippen LogP contribution is -2.45. The van der Waals surface area contributed by atoms with Gasteiger partial charge in [0, 0.05) is 37.9 Å². The second-order valence-corrected chi connectivity index (χ2v) is 6.04. The third-order valence-electron chi connectivity index (χ3n) is 4.53. The second-order valence-electron chi connectivity index (χ2n) is 6.04. The van der Waals surface area contributed by atoms with E-state index in [1.54, 1.807) is 12.3 Å². The molecule has 0 bridgehead atoms. The Labute approximate surface area is 136 Å². The molecule has 0 aromatic carbocycles. The van der Waals surface area contributed by atoms with Crippen molar-refractivity contribution in [1.82, 2.24) is 20.0 Å². The molecule has 1 unspecified atom stereocenters. The zero-order valence-corrected chi connectivity index (χ0v) is 13.7. The summed E-state index contributed by atoms with van der Waals surface area (Å²) in [5, 5.41) is 8.00. The van der Waals surface area contributed by atoms with Crippen LogP contribution in [-0.4, -0.2) is 39.7 Å². The van der Waals surface area contributed by atoms with Crippen molar-refractivity contribution >= 4 is 5.91 Å². The summed E-state index contributed by atoms with van der Waals surface area (Å²) in [6.45, 7) is 6.71. The highest BCUT2D eigenvalue weighted by Gasteiger charge is 2.25. The number of nitrogens with one attached hydrogen (secondary N) is 1. The minimum atomic E-state index is 0.0642. The van der Waals surface area contributed by atoms with Crippen LogP contribution in [0.2, 0.25) is 0 Å². The first kappa shape index (κ1) is 15.8. The molecule has 2 aromatic heterocycles. The summed E-state index contributed by atoms with van der Waals surface area (Å²) in [6, 6.07) is 4.48. The number of aromatic nitrogens is 2. The number of likely N-dealkylation sites (tertiary alicyclic amines) is 1. The van der Waals surface area contributed by atoms with Crippen molar-refractivity contribution < 1.29 is 9.21 Å². The SMILES string of the molecule is CCn1nccc1C(C)NC1CCN(C(=O)c2ccoc2)CC1. The molecule has 3 rings (SSSR count). The van der Waals surface area contributed by atoms with Gasteiger partial charge in [0.05, 0.1) is 17.5 Å².